The lowest BCUT2D eigenvalue weighted by Gasteiger charge is -2.20. The van der Waals surface area contributed by atoms with Gasteiger partial charge < -0.3 is 16.2 Å². The summed E-state index contributed by atoms with van der Waals surface area (Å²) in [6.07, 6.45) is 0. The Kier molecular flexibility index (Phi) is 3.12. The number of benzene rings is 1. The van der Waals surface area contributed by atoms with Crippen molar-refractivity contribution in [3.63, 3.8) is 0 Å². The highest BCUT2D eigenvalue weighted by molar-refractivity contribution is 5.92. The molecule has 0 saturated heterocycles. The van der Waals surface area contributed by atoms with E-state index in [9.17, 15) is 4.79 Å². The van der Waals surface area contributed by atoms with Gasteiger partial charge >= 0.3 is 5.97 Å². The van der Waals surface area contributed by atoms with Gasteiger partial charge in [-0.2, -0.15) is 0 Å². The van der Waals surface area contributed by atoms with Crippen LogP contribution in [0.4, 0.5) is 11.4 Å². The number of esters is 1. The molecule has 0 aliphatic rings. The van der Waals surface area contributed by atoms with Crippen LogP contribution < -0.4 is 11.5 Å². The van der Waals surface area contributed by atoms with Crippen molar-refractivity contribution in [3.8, 4) is 0 Å². The van der Waals surface area contributed by atoms with Gasteiger partial charge in [0.05, 0.1) is 5.56 Å². The Balaban J connectivity index is 3.02. The number of hydrogen-bond acceptors (Lipinski definition) is 4. The van der Waals surface area contributed by atoms with Crippen molar-refractivity contribution in [3.05, 3.63) is 23.3 Å². The summed E-state index contributed by atoms with van der Waals surface area (Å²) in [5.74, 6) is -0.411. The van der Waals surface area contributed by atoms with Crippen LogP contribution in [0.15, 0.2) is 12.1 Å². The van der Waals surface area contributed by atoms with E-state index in [1.54, 1.807) is 12.1 Å². The average Bonchev–Trinajstić information content (AvgIpc) is 2.10. The van der Waals surface area contributed by atoms with Crippen LogP contribution >= 0.6 is 0 Å². The molecule has 88 valence electrons. The molecule has 0 aliphatic carbocycles. The minimum absolute atomic E-state index is 0.385. The van der Waals surface area contributed by atoms with Gasteiger partial charge in [0.15, 0.2) is 0 Å². The molecule has 0 atom stereocenters. The number of nitrogen functional groups attached to an aromatic ring is 2. The van der Waals surface area contributed by atoms with E-state index in [0.29, 0.717) is 16.9 Å². The third kappa shape index (κ3) is 2.89. The van der Waals surface area contributed by atoms with Crippen LogP contribution in [0.2, 0.25) is 0 Å². The third-order valence-electron chi connectivity index (χ3n) is 2.12. The van der Waals surface area contributed by atoms with Crippen LogP contribution in [0, 0.1) is 6.92 Å². The number of carbonyl (C=O) groups is 1. The number of rotatable bonds is 1. The molecule has 0 amide bonds. The van der Waals surface area contributed by atoms with Gasteiger partial charge in [-0.3, -0.25) is 0 Å². The van der Waals surface area contributed by atoms with Crippen LogP contribution in [-0.2, 0) is 4.74 Å². The molecular formula is C12H18N2O2. The van der Waals surface area contributed by atoms with Crippen molar-refractivity contribution in [1.29, 1.82) is 0 Å². The summed E-state index contributed by atoms with van der Waals surface area (Å²) in [7, 11) is 0. The molecule has 0 bridgehead atoms. The van der Waals surface area contributed by atoms with Gasteiger partial charge in [0.1, 0.15) is 5.60 Å². The van der Waals surface area contributed by atoms with E-state index in [4.69, 9.17) is 16.2 Å². The normalized spacial score (nSPS) is 11.2. The van der Waals surface area contributed by atoms with Gasteiger partial charge in [-0.1, -0.05) is 0 Å². The molecule has 0 unspecified atom stereocenters. The molecule has 1 aromatic carbocycles. The highest BCUT2D eigenvalue weighted by Crippen LogP contribution is 2.22. The minimum Gasteiger partial charge on any atom is -0.456 e. The van der Waals surface area contributed by atoms with Crippen LogP contribution in [0.25, 0.3) is 0 Å². The lowest BCUT2D eigenvalue weighted by molar-refractivity contribution is 0.00696. The lowest BCUT2D eigenvalue weighted by Crippen LogP contribution is -2.24. The largest absolute Gasteiger partial charge is 0.456 e. The maximum Gasteiger partial charge on any atom is 0.338 e. The molecule has 0 aliphatic heterocycles. The van der Waals surface area contributed by atoms with Gasteiger partial charge in [0, 0.05) is 11.4 Å². The second kappa shape index (κ2) is 4.04. The Morgan fingerprint density at radius 1 is 1.19 bits per heavy atom. The van der Waals surface area contributed by atoms with Crippen molar-refractivity contribution in [1.82, 2.24) is 0 Å². The lowest BCUT2D eigenvalue weighted by atomic mass is 10.1. The molecule has 4 N–H and O–H groups in total. The zero-order valence-electron chi connectivity index (χ0n) is 10.1. The maximum absolute atomic E-state index is 11.7. The molecule has 1 rings (SSSR count). The molecule has 4 heteroatoms. The summed E-state index contributed by atoms with van der Waals surface area (Å²) in [6, 6.07) is 3.17. The fourth-order valence-corrected chi connectivity index (χ4v) is 1.21. The number of anilines is 2. The average molecular weight is 222 g/mol. The summed E-state index contributed by atoms with van der Waals surface area (Å²) >= 11 is 0. The SMILES string of the molecule is Cc1c(N)cc(C(=O)OC(C)(C)C)cc1N. The van der Waals surface area contributed by atoms with Crippen molar-refractivity contribution in [2.24, 2.45) is 0 Å². The minimum atomic E-state index is -0.522. The molecule has 0 radical (unpaired) electrons. The number of ether oxygens (including phenoxy) is 1. The number of nitrogens with two attached hydrogens (primary N) is 2. The third-order valence-corrected chi connectivity index (χ3v) is 2.12. The van der Waals surface area contributed by atoms with Crippen LogP contribution in [0.1, 0.15) is 36.7 Å². The van der Waals surface area contributed by atoms with Gasteiger partial charge in [0.2, 0.25) is 0 Å². The molecule has 0 aromatic heterocycles. The van der Waals surface area contributed by atoms with Crippen LogP contribution in [-0.4, -0.2) is 11.6 Å². The topological polar surface area (TPSA) is 78.3 Å². The van der Waals surface area contributed by atoms with Gasteiger partial charge in [-0.25, -0.2) is 4.79 Å². The standard InChI is InChI=1S/C12H18N2O2/c1-7-9(13)5-8(6-10(7)14)11(15)16-12(2,3)4/h5-6H,13-14H2,1-4H3. The first-order valence-corrected chi connectivity index (χ1v) is 5.09. The van der Waals surface area contributed by atoms with Gasteiger partial charge in [0.25, 0.3) is 0 Å². The summed E-state index contributed by atoms with van der Waals surface area (Å²) in [5.41, 5.74) is 13.1. The molecule has 1 aromatic rings. The summed E-state index contributed by atoms with van der Waals surface area (Å²) in [6.45, 7) is 7.24. The Hall–Kier alpha value is -1.71. The fourth-order valence-electron chi connectivity index (χ4n) is 1.21. The number of hydrogen-bond donors (Lipinski definition) is 2. The first-order chi connectivity index (χ1) is 7.20. The molecule has 0 spiro atoms. The molecule has 0 fully saturated rings. The maximum atomic E-state index is 11.7. The molecule has 16 heavy (non-hydrogen) atoms. The molecule has 0 saturated carbocycles. The zero-order valence-corrected chi connectivity index (χ0v) is 10.1. The van der Waals surface area contributed by atoms with Crippen LogP contribution in [0.5, 0.6) is 0 Å². The Morgan fingerprint density at radius 3 is 2.00 bits per heavy atom. The van der Waals surface area contributed by atoms with Crippen LogP contribution in [0.3, 0.4) is 0 Å². The quantitative estimate of drug-likeness (QED) is 0.563. The van der Waals surface area contributed by atoms with E-state index in [-0.39, 0.29) is 0 Å². The monoisotopic (exact) mass is 222 g/mol. The fraction of sp³-hybridized carbons (Fsp3) is 0.417. The zero-order chi connectivity index (χ0) is 12.5. The summed E-state index contributed by atoms with van der Waals surface area (Å²) in [4.78, 5) is 11.7. The van der Waals surface area contributed by atoms with Crippen molar-refractivity contribution < 1.29 is 9.53 Å². The van der Waals surface area contributed by atoms with E-state index in [1.807, 2.05) is 27.7 Å². The first-order valence-electron chi connectivity index (χ1n) is 5.09. The second-order valence-corrected chi connectivity index (χ2v) is 4.78. The van der Waals surface area contributed by atoms with E-state index in [0.717, 1.165) is 5.56 Å². The smallest absolute Gasteiger partial charge is 0.338 e. The Bertz CT molecular complexity index is 397. The van der Waals surface area contributed by atoms with Crippen molar-refractivity contribution in [2.45, 2.75) is 33.3 Å². The van der Waals surface area contributed by atoms with Gasteiger partial charge in [-0.05, 0) is 45.4 Å². The number of carbonyl (C=O) groups excluding carboxylic acids is 1. The first kappa shape index (κ1) is 12.4. The highest BCUT2D eigenvalue weighted by Gasteiger charge is 2.18. The van der Waals surface area contributed by atoms with E-state index < -0.39 is 11.6 Å². The molecule has 4 nitrogen and oxygen atoms in total. The Morgan fingerprint density at radius 2 is 1.62 bits per heavy atom. The summed E-state index contributed by atoms with van der Waals surface area (Å²) < 4.78 is 5.22. The predicted molar refractivity (Wildman–Crippen MR) is 65.2 cm³/mol. The Labute approximate surface area is 95.6 Å². The molecular weight excluding hydrogens is 204 g/mol. The molecule has 0 heterocycles. The highest BCUT2D eigenvalue weighted by atomic mass is 16.6. The van der Waals surface area contributed by atoms with E-state index in [2.05, 4.69) is 0 Å². The summed E-state index contributed by atoms with van der Waals surface area (Å²) in [5, 5.41) is 0. The van der Waals surface area contributed by atoms with E-state index >= 15 is 0 Å². The second-order valence-electron chi connectivity index (χ2n) is 4.78. The van der Waals surface area contributed by atoms with Crippen molar-refractivity contribution >= 4 is 17.3 Å². The predicted octanol–water partition coefficient (Wildman–Crippen LogP) is 2.11. The van der Waals surface area contributed by atoms with Crippen molar-refractivity contribution in [2.75, 3.05) is 11.5 Å². The van der Waals surface area contributed by atoms with Gasteiger partial charge in [-0.15, -0.1) is 0 Å². The van der Waals surface area contributed by atoms with E-state index in [1.165, 1.54) is 0 Å².